The molecule has 3 rings (SSSR count). The molecule has 3 atom stereocenters. The first-order valence-electron chi connectivity index (χ1n) is 8.59. The average Bonchev–Trinajstić information content (AvgIpc) is 2.60. The first-order valence-corrected chi connectivity index (χ1v) is 10.5. The molecule has 2 fully saturated rings. The fourth-order valence-corrected chi connectivity index (χ4v) is 4.63. The molecular formula is C16H23BrFN5O3S. The highest BCUT2D eigenvalue weighted by atomic mass is 79.9. The number of amidine groups is 1. The number of rotatable bonds is 7. The highest BCUT2D eigenvalue weighted by molar-refractivity contribution is 9.10. The van der Waals surface area contributed by atoms with Crippen molar-refractivity contribution in [3.63, 3.8) is 0 Å². The second-order valence-corrected chi connectivity index (χ2v) is 9.16. The molecule has 0 spiro atoms. The lowest BCUT2D eigenvalue weighted by molar-refractivity contribution is -0.0609. The van der Waals surface area contributed by atoms with Crippen LogP contribution in [-0.4, -0.2) is 63.3 Å². The molecule has 27 heavy (non-hydrogen) atoms. The van der Waals surface area contributed by atoms with Gasteiger partial charge in [-0.15, -0.1) is 9.03 Å². The van der Waals surface area contributed by atoms with E-state index in [-0.39, 0.29) is 17.8 Å². The molecule has 2 aliphatic rings. The van der Waals surface area contributed by atoms with Gasteiger partial charge in [0.05, 0.1) is 17.6 Å². The molecule has 0 radical (unpaired) electrons. The molecule has 11 heteroatoms. The zero-order valence-electron chi connectivity index (χ0n) is 14.8. The quantitative estimate of drug-likeness (QED) is 0.135. The molecule has 1 saturated carbocycles. The number of halogens is 2. The summed E-state index contributed by atoms with van der Waals surface area (Å²) in [6.45, 7) is 1.02. The molecule has 5 N–H and O–H groups in total. The number of nitrogens with one attached hydrogen (secondary N) is 3. The van der Waals surface area contributed by atoms with Crippen molar-refractivity contribution in [2.75, 3.05) is 32.0 Å². The van der Waals surface area contributed by atoms with E-state index in [4.69, 9.17) is 0 Å². The Morgan fingerprint density at radius 1 is 1.48 bits per heavy atom. The Hall–Kier alpha value is -0.950. The third kappa shape index (κ3) is 4.73. The third-order valence-electron chi connectivity index (χ3n) is 4.97. The molecule has 1 aliphatic heterocycles. The predicted octanol–water partition coefficient (Wildman–Crippen LogP) is 1.00. The van der Waals surface area contributed by atoms with Crippen LogP contribution in [0.2, 0.25) is 0 Å². The van der Waals surface area contributed by atoms with Crippen LogP contribution in [0, 0.1) is 11.7 Å². The summed E-state index contributed by atoms with van der Waals surface area (Å²) in [7, 11) is 1.60. The van der Waals surface area contributed by atoms with E-state index >= 15 is 0 Å². The maximum Gasteiger partial charge on any atom is 0.150 e. The van der Waals surface area contributed by atoms with Crippen molar-refractivity contribution in [2.24, 2.45) is 11.1 Å². The van der Waals surface area contributed by atoms with Crippen molar-refractivity contribution >= 4 is 39.0 Å². The van der Waals surface area contributed by atoms with Gasteiger partial charge in [0, 0.05) is 31.2 Å². The van der Waals surface area contributed by atoms with Gasteiger partial charge >= 0.3 is 0 Å². The van der Waals surface area contributed by atoms with Crippen LogP contribution in [0.1, 0.15) is 12.8 Å². The van der Waals surface area contributed by atoms with Gasteiger partial charge in [-0.2, -0.15) is 0 Å². The molecule has 0 amide bonds. The van der Waals surface area contributed by atoms with Gasteiger partial charge in [0.25, 0.3) is 0 Å². The van der Waals surface area contributed by atoms with Gasteiger partial charge in [-0.05, 0) is 47.0 Å². The monoisotopic (exact) mass is 463 g/mol. The largest absolute Gasteiger partial charge is 0.579 e. The zero-order valence-corrected chi connectivity index (χ0v) is 17.2. The normalized spacial score (nSPS) is 26.2. The van der Waals surface area contributed by atoms with Crippen LogP contribution >= 0.6 is 15.9 Å². The number of benzene rings is 1. The molecule has 1 aromatic carbocycles. The Labute approximate surface area is 168 Å². The predicted molar refractivity (Wildman–Crippen MR) is 105 cm³/mol. The van der Waals surface area contributed by atoms with Crippen LogP contribution < -0.4 is 15.4 Å². The molecule has 3 unspecified atom stereocenters. The van der Waals surface area contributed by atoms with Crippen molar-refractivity contribution in [3.8, 4) is 0 Å². The summed E-state index contributed by atoms with van der Waals surface area (Å²) < 4.78 is 29.6. The Balaban J connectivity index is 1.51. The Bertz CT molecular complexity index is 707. The van der Waals surface area contributed by atoms with Gasteiger partial charge in [-0.25, -0.2) is 4.39 Å². The van der Waals surface area contributed by atoms with Crippen molar-refractivity contribution in [1.82, 2.24) is 14.3 Å². The van der Waals surface area contributed by atoms with Crippen molar-refractivity contribution < 1.29 is 19.3 Å². The summed E-state index contributed by atoms with van der Waals surface area (Å²) in [4.78, 5) is 0. The van der Waals surface area contributed by atoms with Crippen LogP contribution in [-0.2, 0) is 11.5 Å². The highest BCUT2D eigenvalue weighted by Gasteiger charge is 2.48. The van der Waals surface area contributed by atoms with Crippen LogP contribution in [0.4, 0.5) is 10.1 Å². The molecule has 150 valence electrons. The Morgan fingerprint density at radius 3 is 2.78 bits per heavy atom. The van der Waals surface area contributed by atoms with Gasteiger partial charge in [-0.1, -0.05) is 5.16 Å². The Morgan fingerprint density at radius 2 is 2.22 bits per heavy atom. The number of aliphatic hydroxyl groups is 1. The minimum atomic E-state index is -1.27. The molecule has 1 aliphatic carbocycles. The number of nitrogens with zero attached hydrogens (tertiary/aromatic N) is 2. The lowest BCUT2D eigenvalue weighted by Gasteiger charge is -2.46. The SMILES string of the molecule is CN[S+]([O-])N1CC(O)(CNC2CCC2/C(=N/O)Nc2ccc(F)c(Br)c2)C1. The highest BCUT2D eigenvalue weighted by Crippen LogP contribution is 2.31. The topological polar surface area (TPSA) is 115 Å². The number of anilines is 1. The molecular weight excluding hydrogens is 441 g/mol. The zero-order chi connectivity index (χ0) is 19.6. The third-order valence-corrected chi connectivity index (χ3v) is 6.65. The van der Waals surface area contributed by atoms with Crippen molar-refractivity contribution in [2.45, 2.75) is 24.5 Å². The first-order chi connectivity index (χ1) is 12.8. The van der Waals surface area contributed by atoms with Gasteiger partial charge in [0.15, 0.2) is 5.84 Å². The summed E-state index contributed by atoms with van der Waals surface area (Å²) in [5.74, 6) is -0.00552. The van der Waals surface area contributed by atoms with E-state index in [0.717, 1.165) is 12.8 Å². The molecule has 8 nitrogen and oxygen atoms in total. The maximum atomic E-state index is 13.4. The second kappa shape index (κ2) is 8.60. The van der Waals surface area contributed by atoms with E-state index in [2.05, 4.69) is 36.4 Å². The number of hydrogen-bond donors (Lipinski definition) is 5. The van der Waals surface area contributed by atoms with E-state index in [1.807, 2.05) is 0 Å². The van der Waals surface area contributed by atoms with Crippen LogP contribution in [0.15, 0.2) is 27.8 Å². The van der Waals surface area contributed by atoms with E-state index in [1.54, 1.807) is 23.5 Å². The first kappa shape index (κ1) is 20.8. The fourth-order valence-electron chi connectivity index (χ4n) is 3.27. The summed E-state index contributed by atoms with van der Waals surface area (Å²) in [5.41, 5.74) is -0.303. The lowest BCUT2D eigenvalue weighted by atomic mass is 9.78. The number of oxime groups is 1. The fraction of sp³-hybridized carbons (Fsp3) is 0.562. The lowest BCUT2D eigenvalue weighted by Crippen LogP contribution is -2.69. The van der Waals surface area contributed by atoms with Crippen LogP contribution in [0.5, 0.6) is 0 Å². The van der Waals surface area contributed by atoms with Crippen LogP contribution in [0.3, 0.4) is 0 Å². The summed E-state index contributed by atoms with van der Waals surface area (Å²) in [5, 5.41) is 29.6. The summed E-state index contributed by atoms with van der Waals surface area (Å²) >= 11 is 1.86. The van der Waals surface area contributed by atoms with Crippen molar-refractivity contribution in [1.29, 1.82) is 0 Å². The second-order valence-electron chi connectivity index (χ2n) is 6.89. The number of hydrogen-bond acceptors (Lipinski definition) is 7. The summed E-state index contributed by atoms with van der Waals surface area (Å²) in [6, 6.07) is 4.53. The minimum Gasteiger partial charge on any atom is -0.579 e. The van der Waals surface area contributed by atoms with E-state index in [9.17, 15) is 19.3 Å². The van der Waals surface area contributed by atoms with E-state index < -0.39 is 17.1 Å². The van der Waals surface area contributed by atoms with Crippen molar-refractivity contribution in [3.05, 3.63) is 28.5 Å². The molecule has 1 saturated heterocycles. The van der Waals surface area contributed by atoms with E-state index in [1.165, 1.54) is 6.07 Å². The van der Waals surface area contributed by atoms with Gasteiger partial charge in [0.1, 0.15) is 23.0 Å². The van der Waals surface area contributed by atoms with Crippen LogP contribution in [0.25, 0.3) is 0 Å². The van der Waals surface area contributed by atoms with Gasteiger partial charge in [0.2, 0.25) is 0 Å². The number of β-amino-alcohol motifs (C(OH)–C–C–N with tert-alkyl or cyclic N) is 1. The van der Waals surface area contributed by atoms with Gasteiger partial charge in [-0.3, -0.25) is 0 Å². The minimum absolute atomic E-state index is 0.0370. The summed E-state index contributed by atoms with van der Waals surface area (Å²) in [6.07, 6.45) is 1.72. The molecule has 1 heterocycles. The molecule has 0 aromatic heterocycles. The van der Waals surface area contributed by atoms with E-state index in [0.29, 0.717) is 35.6 Å². The molecule has 0 bridgehead atoms. The van der Waals surface area contributed by atoms with Gasteiger partial charge < -0.3 is 25.5 Å². The molecule has 1 aromatic rings. The average molecular weight is 464 g/mol. The smallest absolute Gasteiger partial charge is 0.150 e. The Kier molecular flexibility index (Phi) is 6.62. The standard InChI is InChI=1S/C16H23BrFN5O3S/c1-19-27(26)23-8-16(24,9-23)7-20-14-5-3-11(14)15(22-25)21-10-2-4-13(18)12(17)6-10/h2,4,6,11,14,19-20,24-25H,3,5,7-9H2,1H3,(H,21,22). The maximum absolute atomic E-state index is 13.4.